The van der Waals surface area contributed by atoms with Gasteiger partial charge in [0.2, 0.25) is 0 Å². The maximum absolute atomic E-state index is 14.3. The summed E-state index contributed by atoms with van der Waals surface area (Å²) in [5.74, 6) is -2.26. The highest BCUT2D eigenvalue weighted by molar-refractivity contribution is 7.47. The van der Waals surface area contributed by atoms with E-state index in [0.717, 1.165) is 96.0 Å². The molecule has 11 N–H and O–H groups in total. The van der Waals surface area contributed by atoms with E-state index in [1.807, 2.05) is 6.08 Å². The highest BCUT2D eigenvalue weighted by Crippen LogP contribution is 2.49. The molecule has 578 valence electrons. The third-order valence-electron chi connectivity index (χ3n) is 18.8. The molecule has 18 unspecified atom stereocenters. The van der Waals surface area contributed by atoms with Crippen LogP contribution in [0.15, 0.2) is 36.5 Å². The van der Waals surface area contributed by atoms with Gasteiger partial charge in [0.05, 0.1) is 13.2 Å². The minimum Gasteiger partial charge on any atom is -0.463 e. The number of allylic oxidation sites excluding steroid dienone is 5. The second-order valence-corrected chi connectivity index (χ2v) is 28.8. The van der Waals surface area contributed by atoms with Crippen molar-refractivity contribution in [3.63, 3.8) is 0 Å². The lowest BCUT2D eigenvalue weighted by atomic mass is 9.84. The van der Waals surface area contributed by atoms with Gasteiger partial charge in [0.15, 0.2) is 18.7 Å². The van der Waals surface area contributed by atoms with Crippen molar-refractivity contribution in [3.05, 3.63) is 36.5 Å². The van der Waals surface area contributed by atoms with E-state index < -0.39 is 156 Å². The van der Waals surface area contributed by atoms with E-state index in [1.165, 1.54) is 154 Å². The number of rotatable bonds is 59. The van der Waals surface area contributed by atoms with Gasteiger partial charge in [0.1, 0.15) is 98.7 Å². The number of carbonyl (C=O) groups is 3. The molecule has 3 rings (SSSR count). The van der Waals surface area contributed by atoms with Crippen molar-refractivity contribution < 1.29 is 117 Å². The molecule has 0 aromatic rings. The molecule has 3 fully saturated rings. The molecule has 3 aliphatic rings. The number of phosphoric acid groups is 1. The standard InChI is InChI=1S/C74H133O24P/c1-4-7-10-13-16-19-22-25-28-31-34-37-40-43-46-49-59(77)91-54-57-62(80)64(82)69(87)74(95-57)97-71-67(85)65(83)66(84)70(96-73-68(86)63(81)61(79)56(51-75)94-73)72(71)98-99(88,89)92-53-55(52-90-58(76)48-45-42-39-36-33-30-27-24-21-18-15-12-9-6-3)93-60(78)50-47-44-41-38-35-32-29-26-23-20-17-14-11-8-5-2/h30,33,41,44,47,50,55-57,61-75,79-87H,4-29,31-32,34-40,42-43,45-46,48-49,51-54H2,1-3H3,(H,88,89)/b33-30-,44-41+,50-47+. The number of carbonyl (C=O) groups excluding carboxylic acids is 3. The summed E-state index contributed by atoms with van der Waals surface area (Å²) in [6.45, 7) is 3.33. The molecular formula is C74H133O24P. The molecule has 0 bridgehead atoms. The number of unbranched alkanes of at least 4 members (excludes halogenated alkanes) is 35. The second-order valence-electron chi connectivity index (χ2n) is 27.4. The average Bonchev–Trinajstić information content (AvgIpc) is 0.762. The lowest BCUT2D eigenvalue weighted by Crippen LogP contribution is -2.69. The number of hydrogen-bond donors (Lipinski definition) is 11. The number of aliphatic hydroxyl groups is 10. The zero-order valence-corrected chi connectivity index (χ0v) is 61.2. The average molecular weight is 1440 g/mol. The summed E-state index contributed by atoms with van der Waals surface area (Å²) in [6.07, 6.45) is 18.5. The van der Waals surface area contributed by atoms with Gasteiger partial charge < -0.3 is 89.1 Å². The predicted octanol–water partition coefficient (Wildman–Crippen LogP) is 10.7. The molecule has 2 saturated heterocycles. The zero-order chi connectivity index (χ0) is 72.5. The fraction of sp³-hybridized carbons (Fsp3) is 0.878. The lowest BCUT2D eigenvalue weighted by Gasteiger charge is -2.49. The first-order valence-corrected chi connectivity index (χ1v) is 39.8. The van der Waals surface area contributed by atoms with Gasteiger partial charge in [-0.05, 0) is 51.4 Å². The molecule has 1 aliphatic carbocycles. The highest BCUT2D eigenvalue weighted by Gasteiger charge is 2.58. The molecule has 1 saturated carbocycles. The molecule has 18 atom stereocenters. The van der Waals surface area contributed by atoms with Crippen molar-refractivity contribution in [2.45, 2.75) is 388 Å². The van der Waals surface area contributed by atoms with Crippen molar-refractivity contribution in [3.8, 4) is 0 Å². The Labute approximate surface area is 591 Å². The van der Waals surface area contributed by atoms with Crippen LogP contribution in [0.4, 0.5) is 0 Å². The first kappa shape index (κ1) is 90.4. The van der Waals surface area contributed by atoms with E-state index in [4.69, 9.17) is 42.2 Å². The van der Waals surface area contributed by atoms with Gasteiger partial charge in [-0.1, -0.05) is 250 Å². The van der Waals surface area contributed by atoms with Crippen molar-refractivity contribution in [2.24, 2.45) is 0 Å². The van der Waals surface area contributed by atoms with Gasteiger partial charge >= 0.3 is 25.7 Å². The van der Waals surface area contributed by atoms with E-state index in [9.17, 15) is 74.9 Å². The Morgan fingerprint density at radius 2 is 0.778 bits per heavy atom. The molecule has 99 heavy (non-hydrogen) atoms. The molecule has 0 aromatic carbocycles. The summed E-state index contributed by atoms with van der Waals surface area (Å²) in [4.78, 5) is 50.9. The Kier molecular flexibility index (Phi) is 50.8. The Bertz CT molecular complexity index is 2190. The van der Waals surface area contributed by atoms with Crippen LogP contribution in [-0.4, -0.2) is 204 Å². The van der Waals surface area contributed by atoms with Crippen LogP contribution in [0.1, 0.15) is 284 Å². The summed E-state index contributed by atoms with van der Waals surface area (Å²) in [6, 6.07) is 0. The lowest BCUT2D eigenvalue weighted by molar-refractivity contribution is -0.360. The predicted molar refractivity (Wildman–Crippen MR) is 374 cm³/mol. The van der Waals surface area contributed by atoms with E-state index in [0.29, 0.717) is 12.8 Å². The summed E-state index contributed by atoms with van der Waals surface area (Å²) in [5, 5.41) is 110. The number of ether oxygens (including phenoxy) is 7. The number of hydrogen-bond acceptors (Lipinski definition) is 23. The minimum absolute atomic E-state index is 0.00494. The van der Waals surface area contributed by atoms with Crippen LogP contribution in [-0.2, 0) is 61.2 Å². The monoisotopic (exact) mass is 1440 g/mol. The molecule has 0 radical (unpaired) electrons. The van der Waals surface area contributed by atoms with E-state index in [2.05, 4.69) is 32.9 Å². The second kappa shape index (κ2) is 55.6. The summed E-state index contributed by atoms with van der Waals surface area (Å²) < 4.78 is 64.8. The summed E-state index contributed by atoms with van der Waals surface area (Å²) in [5.41, 5.74) is 0. The van der Waals surface area contributed by atoms with Gasteiger partial charge in [-0.15, -0.1) is 0 Å². The van der Waals surface area contributed by atoms with Gasteiger partial charge in [-0.3, -0.25) is 18.6 Å². The smallest absolute Gasteiger partial charge is 0.463 e. The number of aliphatic hydroxyl groups excluding tert-OH is 10. The Morgan fingerprint density at radius 3 is 1.21 bits per heavy atom. The largest absolute Gasteiger partial charge is 0.472 e. The molecule has 25 heteroatoms. The molecule has 0 aromatic heterocycles. The third kappa shape index (κ3) is 38.7. The maximum Gasteiger partial charge on any atom is 0.472 e. The van der Waals surface area contributed by atoms with Crippen LogP contribution < -0.4 is 0 Å². The maximum atomic E-state index is 14.3. The van der Waals surface area contributed by atoms with E-state index in [1.54, 1.807) is 6.08 Å². The van der Waals surface area contributed by atoms with Crippen LogP contribution in [0.5, 0.6) is 0 Å². The van der Waals surface area contributed by atoms with Crippen LogP contribution in [0.25, 0.3) is 0 Å². The third-order valence-corrected chi connectivity index (χ3v) is 19.7. The van der Waals surface area contributed by atoms with Gasteiger partial charge in [0.25, 0.3) is 0 Å². The summed E-state index contributed by atoms with van der Waals surface area (Å²) in [7, 11) is -5.73. The molecule has 2 heterocycles. The van der Waals surface area contributed by atoms with Crippen LogP contribution >= 0.6 is 7.82 Å². The Morgan fingerprint density at radius 1 is 0.414 bits per heavy atom. The van der Waals surface area contributed by atoms with Crippen LogP contribution in [0, 0.1) is 0 Å². The first-order chi connectivity index (χ1) is 47.8. The highest BCUT2D eigenvalue weighted by atomic mass is 31.2. The van der Waals surface area contributed by atoms with Crippen LogP contribution in [0.2, 0.25) is 0 Å². The first-order valence-electron chi connectivity index (χ1n) is 38.3. The van der Waals surface area contributed by atoms with Crippen molar-refractivity contribution >= 4 is 25.7 Å². The molecule has 0 spiro atoms. The summed E-state index contributed by atoms with van der Waals surface area (Å²) >= 11 is 0. The van der Waals surface area contributed by atoms with Crippen molar-refractivity contribution in [1.82, 2.24) is 0 Å². The fourth-order valence-electron chi connectivity index (χ4n) is 12.5. The Balaban J connectivity index is 1.75. The van der Waals surface area contributed by atoms with Crippen molar-refractivity contribution in [2.75, 3.05) is 26.4 Å². The van der Waals surface area contributed by atoms with E-state index in [-0.39, 0.29) is 12.8 Å². The molecular weight excluding hydrogens is 1300 g/mol. The SMILES string of the molecule is CCCCCCCCC/C=C\CCCCCC(=O)OCC(COP(=O)(O)OC1C(OC2OC(CO)C(O)C(O)C2O)C(O)C(O)C(O)C1OC1OC(COC(=O)CCCCCCCCCCCCCCCCC)C(O)C(O)C1O)OC(=O)/C=C/C=C/CCCCCCCCCCCCC. The molecule has 24 nitrogen and oxygen atoms in total. The fourth-order valence-corrected chi connectivity index (χ4v) is 13.4. The minimum atomic E-state index is -5.73. The van der Waals surface area contributed by atoms with Gasteiger partial charge in [0, 0.05) is 18.9 Å². The number of phosphoric ester groups is 1. The topological polar surface area (TPSA) is 374 Å². The number of esters is 3. The van der Waals surface area contributed by atoms with E-state index >= 15 is 0 Å². The van der Waals surface area contributed by atoms with Gasteiger partial charge in [-0.25, -0.2) is 9.36 Å². The quantitative estimate of drug-likeness (QED) is 0.00512. The molecule has 0 amide bonds. The normalized spacial score (nSPS) is 27.7. The van der Waals surface area contributed by atoms with Crippen molar-refractivity contribution in [1.29, 1.82) is 0 Å². The molecule has 2 aliphatic heterocycles. The zero-order valence-electron chi connectivity index (χ0n) is 60.3. The van der Waals surface area contributed by atoms with Crippen LogP contribution in [0.3, 0.4) is 0 Å². The Hall–Kier alpha value is -2.82. The van der Waals surface area contributed by atoms with Gasteiger partial charge in [-0.2, -0.15) is 0 Å².